The summed E-state index contributed by atoms with van der Waals surface area (Å²) in [5, 5.41) is 2.67. The molecule has 5 nitrogen and oxygen atoms in total. The second kappa shape index (κ2) is 6.32. The van der Waals surface area contributed by atoms with Crippen LogP contribution in [0.3, 0.4) is 0 Å². The summed E-state index contributed by atoms with van der Waals surface area (Å²) in [7, 11) is -3.23. The van der Waals surface area contributed by atoms with E-state index in [-0.39, 0.29) is 24.0 Å². The second-order valence-corrected chi connectivity index (χ2v) is 6.82. The SMILES string of the molecule is O=C(CN1CCCS1(=O)=O)NCCc1ccc(F)cc1. The Hall–Kier alpha value is -1.47. The summed E-state index contributed by atoms with van der Waals surface area (Å²) in [6.07, 6.45) is 1.16. The van der Waals surface area contributed by atoms with Gasteiger partial charge in [-0.25, -0.2) is 12.8 Å². The van der Waals surface area contributed by atoms with E-state index < -0.39 is 10.0 Å². The smallest absolute Gasteiger partial charge is 0.235 e. The molecule has 0 spiro atoms. The normalized spacial score (nSPS) is 18.1. The van der Waals surface area contributed by atoms with Crippen LogP contribution < -0.4 is 5.32 Å². The van der Waals surface area contributed by atoms with E-state index in [1.807, 2.05) is 0 Å². The van der Waals surface area contributed by atoms with Gasteiger partial charge in [0.2, 0.25) is 15.9 Å². The van der Waals surface area contributed by atoms with E-state index in [0.29, 0.717) is 25.9 Å². The van der Waals surface area contributed by atoms with E-state index in [4.69, 9.17) is 0 Å². The first-order valence-electron chi connectivity index (χ1n) is 6.46. The molecular weight excluding hydrogens is 283 g/mol. The van der Waals surface area contributed by atoms with Crippen molar-refractivity contribution in [3.63, 3.8) is 0 Å². The van der Waals surface area contributed by atoms with Crippen LogP contribution in [0.15, 0.2) is 24.3 Å². The molecule has 1 fully saturated rings. The lowest BCUT2D eigenvalue weighted by Gasteiger charge is -2.13. The number of carbonyl (C=O) groups is 1. The van der Waals surface area contributed by atoms with Gasteiger partial charge in [-0.3, -0.25) is 4.79 Å². The van der Waals surface area contributed by atoms with Gasteiger partial charge in [0.05, 0.1) is 12.3 Å². The van der Waals surface area contributed by atoms with E-state index in [1.165, 1.54) is 16.4 Å². The van der Waals surface area contributed by atoms with Crippen molar-refractivity contribution in [2.75, 3.05) is 25.4 Å². The molecule has 1 aliphatic heterocycles. The van der Waals surface area contributed by atoms with Gasteiger partial charge in [0.25, 0.3) is 0 Å². The lowest BCUT2D eigenvalue weighted by Crippen LogP contribution is -2.38. The van der Waals surface area contributed by atoms with Gasteiger partial charge in [0.1, 0.15) is 5.82 Å². The third-order valence-corrected chi connectivity index (χ3v) is 5.08. The Morgan fingerprint density at radius 2 is 2.00 bits per heavy atom. The van der Waals surface area contributed by atoms with Crippen LogP contribution >= 0.6 is 0 Å². The Morgan fingerprint density at radius 1 is 1.30 bits per heavy atom. The van der Waals surface area contributed by atoms with Crippen LogP contribution in [0.4, 0.5) is 4.39 Å². The minimum Gasteiger partial charge on any atom is -0.355 e. The van der Waals surface area contributed by atoms with Crippen molar-refractivity contribution in [1.29, 1.82) is 0 Å². The molecule has 0 saturated carbocycles. The van der Waals surface area contributed by atoms with Gasteiger partial charge in [0, 0.05) is 13.1 Å². The molecular formula is C13H17FN2O3S. The Bertz CT molecular complexity index is 572. The first-order valence-corrected chi connectivity index (χ1v) is 8.07. The van der Waals surface area contributed by atoms with Gasteiger partial charge in [-0.15, -0.1) is 0 Å². The maximum absolute atomic E-state index is 12.7. The van der Waals surface area contributed by atoms with Crippen LogP contribution in [-0.2, 0) is 21.2 Å². The zero-order chi connectivity index (χ0) is 14.6. The van der Waals surface area contributed by atoms with Gasteiger partial charge < -0.3 is 5.32 Å². The van der Waals surface area contributed by atoms with Crippen molar-refractivity contribution in [3.8, 4) is 0 Å². The van der Waals surface area contributed by atoms with E-state index in [9.17, 15) is 17.6 Å². The minimum absolute atomic E-state index is 0.119. The summed E-state index contributed by atoms with van der Waals surface area (Å²) >= 11 is 0. The van der Waals surface area contributed by atoms with Crippen LogP contribution in [0.1, 0.15) is 12.0 Å². The third kappa shape index (κ3) is 4.01. The number of carbonyl (C=O) groups excluding carboxylic acids is 1. The first kappa shape index (κ1) is 14.9. The van der Waals surface area contributed by atoms with Gasteiger partial charge in [-0.2, -0.15) is 4.31 Å². The molecule has 1 N–H and O–H groups in total. The topological polar surface area (TPSA) is 66.5 Å². The van der Waals surface area contributed by atoms with Crippen molar-refractivity contribution >= 4 is 15.9 Å². The molecule has 1 aromatic rings. The first-order chi connectivity index (χ1) is 9.47. The largest absolute Gasteiger partial charge is 0.355 e. The number of hydrogen-bond donors (Lipinski definition) is 1. The van der Waals surface area contributed by atoms with Gasteiger partial charge in [-0.1, -0.05) is 12.1 Å². The Balaban J connectivity index is 1.74. The predicted octanol–water partition coefficient (Wildman–Crippen LogP) is 0.520. The monoisotopic (exact) mass is 300 g/mol. The van der Waals surface area contributed by atoms with Gasteiger partial charge in [0.15, 0.2) is 0 Å². The summed E-state index contributed by atoms with van der Waals surface area (Å²) in [4.78, 5) is 11.7. The highest BCUT2D eigenvalue weighted by molar-refractivity contribution is 7.89. The Labute approximate surface area is 117 Å². The number of sulfonamides is 1. The fraction of sp³-hybridized carbons (Fsp3) is 0.462. The molecule has 0 radical (unpaired) electrons. The predicted molar refractivity (Wildman–Crippen MR) is 73.1 cm³/mol. The molecule has 110 valence electrons. The molecule has 2 rings (SSSR count). The molecule has 0 bridgehead atoms. The van der Waals surface area contributed by atoms with Crippen molar-refractivity contribution in [2.24, 2.45) is 0 Å². The second-order valence-electron chi connectivity index (χ2n) is 4.73. The highest BCUT2D eigenvalue weighted by Gasteiger charge is 2.29. The highest BCUT2D eigenvalue weighted by atomic mass is 32.2. The summed E-state index contributed by atoms with van der Waals surface area (Å²) in [5.74, 6) is -0.481. The average Bonchev–Trinajstić information content (AvgIpc) is 2.71. The standard InChI is InChI=1S/C13H17FN2O3S/c14-12-4-2-11(3-5-12)6-7-15-13(17)10-16-8-1-9-20(16,18)19/h2-5H,1,6-10H2,(H,15,17). The minimum atomic E-state index is -3.23. The quantitative estimate of drug-likeness (QED) is 0.862. The van der Waals surface area contributed by atoms with Gasteiger partial charge >= 0.3 is 0 Å². The van der Waals surface area contributed by atoms with Crippen LogP contribution in [0.2, 0.25) is 0 Å². The number of hydrogen-bond acceptors (Lipinski definition) is 3. The molecule has 0 aromatic heterocycles. The zero-order valence-corrected chi connectivity index (χ0v) is 11.8. The maximum atomic E-state index is 12.7. The van der Waals surface area contributed by atoms with Crippen LogP contribution in [0.5, 0.6) is 0 Å². The fourth-order valence-corrected chi connectivity index (χ4v) is 3.56. The maximum Gasteiger partial charge on any atom is 0.235 e. The number of nitrogens with zero attached hydrogens (tertiary/aromatic N) is 1. The summed E-state index contributed by atoms with van der Waals surface area (Å²) in [6.45, 7) is 0.692. The Morgan fingerprint density at radius 3 is 2.60 bits per heavy atom. The summed E-state index contributed by atoms with van der Waals surface area (Å²) in [6, 6.07) is 6.06. The zero-order valence-electron chi connectivity index (χ0n) is 11.0. The number of nitrogens with one attached hydrogen (secondary N) is 1. The molecule has 7 heteroatoms. The van der Waals surface area contributed by atoms with Crippen molar-refractivity contribution in [1.82, 2.24) is 9.62 Å². The molecule has 1 aromatic carbocycles. The molecule has 20 heavy (non-hydrogen) atoms. The van der Waals surface area contributed by atoms with Crippen molar-refractivity contribution < 1.29 is 17.6 Å². The van der Waals surface area contributed by atoms with E-state index in [0.717, 1.165) is 5.56 Å². The van der Waals surface area contributed by atoms with Crippen LogP contribution in [0.25, 0.3) is 0 Å². The van der Waals surface area contributed by atoms with Crippen LogP contribution in [-0.4, -0.2) is 44.0 Å². The summed E-state index contributed by atoms with van der Waals surface area (Å²) in [5.41, 5.74) is 0.917. The number of rotatable bonds is 5. The highest BCUT2D eigenvalue weighted by Crippen LogP contribution is 2.12. The van der Waals surface area contributed by atoms with E-state index in [2.05, 4.69) is 5.32 Å². The van der Waals surface area contributed by atoms with E-state index >= 15 is 0 Å². The molecule has 0 aliphatic carbocycles. The van der Waals surface area contributed by atoms with Gasteiger partial charge in [-0.05, 0) is 30.5 Å². The number of amides is 1. The lowest BCUT2D eigenvalue weighted by atomic mass is 10.1. The Kier molecular flexibility index (Phi) is 4.72. The molecule has 0 atom stereocenters. The molecule has 1 aliphatic rings. The van der Waals surface area contributed by atoms with Crippen LogP contribution in [0, 0.1) is 5.82 Å². The number of benzene rings is 1. The van der Waals surface area contributed by atoms with E-state index in [1.54, 1.807) is 12.1 Å². The van der Waals surface area contributed by atoms with Crippen molar-refractivity contribution in [3.05, 3.63) is 35.6 Å². The van der Waals surface area contributed by atoms with Crippen molar-refractivity contribution in [2.45, 2.75) is 12.8 Å². The molecule has 1 amide bonds. The lowest BCUT2D eigenvalue weighted by molar-refractivity contribution is -0.121. The molecule has 0 unspecified atom stereocenters. The average molecular weight is 300 g/mol. The molecule has 1 saturated heterocycles. The molecule has 1 heterocycles. The number of halogens is 1. The summed E-state index contributed by atoms with van der Waals surface area (Å²) < 4.78 is 37.0. The fourth-order valence-electron chi connectivity index (χ4n) is 2.08. The third-order valence-electron chi connectivity index (χ3n) is 3.17.